The highest BCUT2D eigenvalue weighted by molar-refractivity contribution is 7.80. The van der Waals surface area contributed by atoms with Crippen LogP contribution in [0.4, 0.5) is 5.69 Å². The number of rotatable bonds is 5. The van der Waals surface area contributed by atoms with Gasteiger partial charge in [-0.05, 0) is 48.5 Å². The zero-order chi connectivity index (χ0) is 15.2. The lowest BCUT2D eigenvalue weighted by atomic mass is 10.2. The second-order valence-corrected chi connectivity index (χ2v) is 4.65. The molecule has 0 fully saturated rings. The Kier molecular flexibility index (Phi) is 4.91. The molecule has 0 radical (unpaired) electrons. The lowest BCUT2D eigenvalue weighted by Crippen LogP contribution is -2.08. The third-order valence-electron chi connectivity index (χ3n) is 2.59. The molecule has 0 aliphatic rings. The molecule has 2 rings (SSSR count). The van der Waals surface area contributed by atoms with Crippen molar-refractivity contribution in [3.05, 3.63) is 54.1 Å². The number of hydrogen-bond acceptors (Lipinski definition) is 5. The van der Waals surface area contributed by atoms with Crippen LogP contribution in [0.5, 0.6) is 11.5 Å². The first-order valence-corrected chi connectivity index (χ1v) is 6.98. The van der Waals surface area contributed by atoms with Crippen molar-refractivity contribution >= 4 is 22.9 Å². The number of carbonyl (C=O) groups is 1. The molecule has 0 amide bonds. The predicted molar refractivity (Wildman–Crippen MR) is 76.9 cm³/mol. The lowest BCUT2D eigenvalue weighted by molar-refractivity contribution is 0.0734. The average Bonchev–Trinajstić information content (AvgIpc) is 2.49. The van der Waals surface area contributed by atoms with Crippen molar-refractivity contribution in [3.63, 3.8) is 0 Å². The lowest BCUT2D eigenvalue weighted by Gasteiger charge is -2.09. The summed E-state index contributed by atoms with van der Waals surface area (Å²) in [5.74, 6) is 0.455. The highest BCUT2D eigenvalue weighted by Gasteiger charge is 2.08. The minimum absolute atomic E-state index is 0.318. The average molecular weight is 306 g/mol. The maximum atomic E-state index is 11.9. The Morgan fingerprint density at radius 3 is 2.14 bits per heavy atom. The van der Waals surface area contributed by atoms with Crippen LogP contribution in [0, 0.1) is 0 Å². The molecule has 110 valence electrons. The standard InChI is InChI=1S/C14H13NO5S/c1-19-12-6-2-10(3-7-12)14(16)20-13-8-4-11(5-9-13)15-21(17)18/h2-9,15H,1H3,(H,17,18)/p-1. The van der Waals surface area contributed by atoms with E-state index in [4.69, 9.17) is 9.47 Å². The molecule has 0 saturated heterocycles. The Balaban J connectivity index is 2.03. The van der Waals surface area contributed by atoms with Gasteiger partial charge in [-0.25, -0.2) is 4.79 Å². The van der Waals surface area contributed by atoms with Gasteiger partial charge >= 0.3 is 5.97 Å². The van der Waals surface area contributed by atoms with Gasteiger partial charge in [0.1, 0.15) is 11.5 Å². The summed E-state index contributed by atoms with van der Waals surface area (Å²) < 4.78 is 33.3. The SMILES string of the molecule is COc1ccc(C(=O)Oc2ccc(NS(=O)[O-])cc2)cc1. The molecule has 0 bridgehead atoms. The number of nitrogens with one attached hydrogen (secondary N) is 1. The van der Waals surface area contributed by atoms with Crippen LogP contribution in [-0.4, -0.2) is 21.8 Å². The first kappa shape index (κ1) is 15.0. The van der Waals surface area contributed by atoms with Crippen molar-refractivity contribution in [1.82, 2.24) is 0 Å². The van der Waals surface area contributed by atoms with Crippen molar-refractivity contribution in [1.29, 1.82) is 0 Å². The molecule has 2 aromatic carbocycles. The van der Waals surface area contributed by atoms with Crippen LogP contribution in [0.1, 0.15) is 10.4 Å². The molecular weight excluding hydrogens is 294 g/mol. The monoisotopic (exact) mass is 306 g/mol. The van der Waals surface area contributed by atoms with Crippen LogP contribution in [0.3, 0.4) is 0 Å². The van der Waals surface area contributed by atoms with Gasteiger partial charge in [0.2, 0.25) is 0 Å². The normalized spacial score (nSPS) is 11.5. The van der Waals surface area contributed by atoms with Gasteiger partial charge in [-0.2, -0.15) is 0 Å². The molecule has 0 heterocycles. The van der Waals surface area contributed by atoms with E-state index in [0.29, 0.717) is 22.7 Å². The molecule has 0 aliphatic carbocycles. The third-order valence-corrected chi connectivity index (χ3v) is 2.99. The van der Waals surface area contributed by atoms with Crippen molar-refractivity contribution in [2.45, 2.75) is 0 Å². The van der Waals surface area contributed by atoms with Gasteiger partial charge in [-0.3, -0.25) is 4.21 Å². The summed E-state index contributed by atoms with van der Waals surface area (Å²) >= 11 is -2.39. The van der Waals surface area contributed by atoms with Gasteiger partial charge in [0.25, 0.3) is 0 Å². The maximum Gasteiger partial charge on any atom is 0.343 e. The summed E-state index contributed by atoms with van der Waals surface area (Å²) in [6.45, 7) is 0. The van der Waals surface area contributed by atoms with E-state index < -0.39 is 17.2 Å². The first-order valence-electron chi connectivity index (χ1n) is 5.90. The molecule has 1 unspecified atom stereocenters. The van der Waals surface area contributed by atoms with Gasteiger partial charge in [-0.15, -0.1) is 0 Å². The van der Waals surface area contributed by atoms with E-state index in [1.165, 1.54) is 31.4 Å². The number of benzene rings is 2. The number of hydrogen-bond donors (Lipinski definition) is 1. The number of anilines is 1. The molecule has 21 heavy (non-hydrogen) atoms. The third kappa shape index (κ3) is 4.30. The Morgan fingerprint density at radius 1 is 1.05 bits per heavy atom. The minimum atomic E-state index is -2.39. The Morgan fingerprint density at radius 2 is 1.62 bits per heavy atom. The minimum Gasteiger partial charge on any atom is -0.755 e. The maximum absolute atomic E-state index is 11.9. The zero-order valence-electron chi connectivity index (χ0n) is 11.1. The Labute approximate surface area is 124 Å². The molecule has 0 aromatic heterocycles. The van der Waals surface area contributed by atoms with E-state index in [-0.39, 0.29) is 0 Å². The second kappa shape index (κ2) is 6.87. The summed E-state index contributed by atoms with van der Waals surface area (Å²) in [4.78, 5) is 11.9. The summed E-state index contributed by atoms with van der Waals surface area (Å²) in [7, 11) is 1.54. The number of ether oxygens (including phenoxy) is 2. The van der Waals surface area contributed by atoms with Crippen molar-refractivity contribution in [2.75, 3.05) is 11.8 Å². The van der Waals surface area contributed by atoms with E-state index in [0.717, 1.165) is 0 Å². The van der Waals surface area contributed by atoms with Crippen molar-refractivity contribution in [2.24, 2.45) is 0 Å². The quantitative estimate of drug-likeness (QED) is 0.519. The van der Waals surface area contributed by atoms with Crippen molar-refractivity contribution < 1.29 is 23.0 Å². The van der Waals surface area contributed by atoms with E-state index in [1.54, 1.807) is 24.3 Å². The Hall–Kier alpha value is -2.38. The van der Waals surface area contributed by atoms with E-state index in [1.807, 2.05) is 0 Å². The van der Waals surface area contributed by atoms with Gasteiger partial charge in [0.15, 0.2) is 0 Å². The highest BCUT2D eigenvalue weighted by atomic mass is 32.2. The highest BCUT2D eigenvalue weighted by Crippen LogP contribution is 2.18. The van der Waals surface area contributed by atoms with E-state index in [9.17, 15) is 13.6 Å². The van der Waals surface area contributed by atoms with Gasteiger partial charge in [-0.1, -0.05) is 0 Å². The fraction of sp³-hybridized carbons (Fsp3) is 0.0714. The van der Waals surface area contributed by atoms with Crippen LogP contribution in [0.25, 0.3) is 0 Å². The summed E-state index contributed by atoms with van der Waals surface area (Å²) in [6, 6.07) is 12.5. The Bertz CT molecular complexity index is 639. The van der Waals surface area contributed by atoms with Crippen LogP contribution >= 0.6 is 0 Å². The van der Waals surface area contributed by atoms with Gasteiger partial charge in [0.05, 0.1) is 12.7 Å². The topological polar surface area (TPSA) is 87.7 Å². The number of esters is 1. The van der Waals surface area contributed by atoms with E-state index in [2.05, 4.69) is 4.72 Å². The fourth-order valence-corrected chi connectivity index (χ4v) is 1.91. The molecule has 1 atom stereocenters. The molecule has 0 spiro atoms. The fourth-order valence-electron chi connectivity index (χ4n) is 1.58. The van der Waals surface area contributed by atoms with Gasteiger partial charge in [0, 0.05) is 17.0 Å². The van der Waals surface area contributed by atoms with Gasteiger partial charge < -0.3 is 18.7 Å². The molecular formula is C14H12NO5S-. The summed E-state index contributed by atoms with van der Waals surface area (Å²) in [5.41, 5.74) is 0.770. The summed E-state index contributed by atoms with van der Waals surface area (Å²) in [5, 5.41) is 0. The summed E-state index contributed by atoms with van der Waals surface area (Å²) in [6.07, 6.45) is 0. The second-order valence-electron chi connectivity index (χ2n) is 3.98. The number of carbonyl (C=O) groups excluding carboxylic acids is 1. The first-order chi connectivity index (χ1) is 10.1. The molecule has 1 N–H and O–H groups in total. The largest absolute Gasteiger partial charge is 0.755 e. The smallest absolute Gasteiger partial charge is 0.343 e. The van der Waals surface area contributed by atoms with Crippen molar-refractivity contribution in [3.8, 4) is 11.5 Å². The van der Waals surface area contributed by atoms with E-state index >= 15 is 0 Å². The van der Waals surface area contributed by atoms with Crippen LogP contribution < -0.4 is 14.2 Å². The predicted octanol–water partition coefficient (Wildman–Crippen LogP) is 2.12. The molecule has 6 nitrogen and oxygen atoms in total. The molecule has 2 aromatic rings. The number of methoxy groups -OCH3 is 1. The van der Waals surface area contributed by atoms with Crippen LogP contribution in [0.2, 0.25) is 0 Å². The molecule has 7 heteroatoms. The molecule has 0 aliphatic heterocycles. The van der Waals surface area contributed by atoms with Crippen LogP contribution in [0.15, 0.2) is 48.5 Å². The van der Waals surface area contributed by atoms with Crippen LogP contribution in [-0.2, 0) is 11.3 Å². The molecule has 0 saturated carbocycles. The zero-order valence-corrected chi connectivity index (χ0v) is 11.9.